The predicted octanol–water partition coefficient (Wildman–Crippen LogP) is 2.15. The number of nitrogens with zero attached hydrogens (tertiary/aromatic N) is 4. The summed E-state index contributed by atoms with van der Waals surface area (Å²) in [7, 11) is 0.0591. The number of carbonyl (C=O) groups excluding carboxylic acids is 1. The molecule has 1 aromatic heterocycles. The van der Waals surface area contributed by atoms with Gasteiger partial charge in [-0.25, -0.2) is 8.42 Å². The van der Waals surface area contributed by atoms with Gasteiger partial charge in [-0.2, -0.15) is 9.40 Å². The first-order valence-electron chi connectivity index (χ1n) is 10.00. The van der Waals surface area contributed by atoms with Crippen LogP contribution in [0.15, 0.2) is 35.5 Å². The van der Waals surface area contributed by atoms with E-state index in [1.54, 1.807) is 17.1 Å². The number of likely N-dealkylation sites (N-methyl/N-ethyl adjacent to an activating group) is 1. The maximum Gasteiger partial charge on any atom is 0.255 e. The maximum atomic E-state index is 13.2. The van der Waals surface area contributed by atoms with E-state index in [1.165, 1.54) is 22.5 Å². The van der Waals surface area contributed by atoms with Gasteiger partial charge in [-0.1, -0.05) is 11.6 Å². The highest BCUT2D eigenvalue weighted by atomic mass is 35.5. The van der Waals surface area contributed by atoms with Crippen molar-refractivity contribution in [2.75, 3.05) is 39.0 Å². The average molecular weight is 470 g/mol. The lowest BCUT2D eigenvalue weighted by Crippen LogP contribution is -2.48. The highest BCUT2D eigenvalue weighted by Gasteiger charge is 2.33. The molecule has 1 saturated heterocycles. The van der Waals surface area contributed by atoms with Crippen molar-refractivity contribution in [2.45, 2.75) is 37.5 Å². The summed E-state index contributed by atoms with van der Waals surface area (Å²) in [5, 5.41) is 7.04. The topological polar surface area (TPSA) is 96.8 Å². The third-order valence-corrected chi connectivity index (χ3v) is 7.18. The number of aromatic nitrogens is 2. The van der Waals surface area contributed by atoms with E-state index >= 15 is 0 Å². The quantitative estimate of drug-likeness (QED) is 0.667. The van der Waals surface area contributed by atoms with Gasteiger partial charge in [-0.3, -0.25) is 9.48 Å². The molecule has 1 amide bonds. The predicted molar refractivity (Wildman–Crippen MR) is 119 cm³/mol. The molecule has 0 bridgehead atoms. The summed E-state index contributed by atoms with van der Waals surface area (Å²) in [6, 6.07) is 4.24. The van der Waals surface area contributed by atoms with Crippen LogP contribution in [0.25, 0.3) is 0 Å². The number of ether oxygens (including phenoxy) is 1. The summed E-state index contributed by atoms with van der Waals surface area (Å²) in [6.45, 7) is 5.59. The second-order valence-corrected chi connectivity index (χ2v) is 10.3. The molecule has 3 rings (SSSR count). The molecule has 9 nitrogen and oxygen atoms in total. The van der Waals surface area contributed by atoms with Crippen molar-refractivity contribution >= 4 is 33.2 Å². The van der Waals surface area contributed by atoms with E-state index in [1.807, 2.05) is 32.8 Å². The van der Waals surface area contributed by atoms with Gasteiger partial charge in [0, 0.05) is 31.4 Å². The van der Waals surface area contributed by atoms with E-state index in [2.05, 4.69) is 10.4 Å². The Morgan fingerprint density at radius 3 is 2.61 bits per heavy atom. The van der Waals surface area contributed by atoms with Crippen molar-refractivity contribution in [3.8, 4) is 0 Å². The van der Waals surface area contributed by atoms with Crippen molar-refractivity contribution in [3.63, 3.8) is 0 Å². The number of hydrogen-bond acceptors (Lipinski definition) is 6. The van der Waals surface area contributed by atoms with E-state index in [-0.39, 0.29) is 40.8 Å². The summed E-state index contributed by atoms with van der Waals surface area (Å²) in [5.41, 5.74) is 0.720. The van der Waals surface area contributed by atoms with E-state index < -0.39 is 15.9 Å². The lowest BCUT2D eigenvalue weighted by molar-refractivity contribution is -0.0440. The number of amides is 1. The Kier molecular flexibility index (Phi) is 7.38. The van der Waals surface area contributed by atoms with Crippen LogP contribution in [0.2, 0.25) is 5.02 Å². The third-order valence-electron chi connectivity index (χ3n) is 4.86. The summed E-state index contributed by atoms with van der Waals surface area (Å²) >= 11 is 6.22. The molecule has 2 aromatic rings. The molecule has 2 unspecified atom stereocenters. The number of halogens is 1. The Bertz CT molecular complexity index is 1030. The number of morpholine rings is 1. The molecule has 1 aromatic carbocycles. The Labute approximate surface area is 188 Å². The maximum absolute atomic E-state index is 13.2. The van der Waals surface area contributed by atoms with Crippen LogP contribution in [-0.4, -0.2) is 79.2 Å². The van der Waals surface area contributed by atoms with E-state index in [0.717, 1.165) is 6.54 Å². The van der Waals surface area contributed by atoms with Crippen LogP contribution in [0.1, 0.15) is 24.2 Å². The van der Waals surface area contributed by atoms with Crippen LogP contribution in [-0.2, 0) is 21.3 Å². The first-order valence-corrected chi connectivity index (χ1v) is 11.8. The van der Waals surface area contributed by atoms with Crippen LogP contribution >= 0.6 is 11.6 Å². The van der Waals surface area contributed by atoms with Gasteiger partial charge in [0.25, 0.3) is 5.91 Å². The highest BCUT2D eigenvalue weighted by molar-refractivity contribution is 7.89. The molecule has 170 valence electrons. The molecule has 0 saturated carbocycles. The van der Waals surface area contributed by atoms with E-state index in [0.29, 0.717) is 12.2 Å². The largest absolute Gasteiger partial charge is 0.373 e. The average Bonchev–Trinajstić information content (AvgIpc) is 3.13. The van der Waals surface area contributed by atoms with Gasteiger partial charge in [-0.15, -0.1) is 0 Å². The lowest BCUT2D eigenvalue weighted by atomic mass is 10.2. The van der Waals surface area contributed by atoms with Gasteiger partial charge in [-0.05, 0) is 46.1 Å². The third kappa shape index (κ3) is 5.83. The fraction of sp³-hybridized carbons (Fsp3) is 0.500. The summed E-state index contributed by atoms with van der Waals surface area (Å²) < 4.78 is 35.1. The smallest absolute Gasteiger partial charge is 0.255 e. The van der Waals surface area contributed by atoms with Crippen LogP contribution < -0.4 is 5.32 Å². The van der Waals surface area contributed by atoms with Crippen LogP contribution in [0.3, 0.4) is 0 Å². The van der Waals surface area contributed by atoms with Gasteiger partial charge < -0.3 is 15.0 Å². The number of rotatable bonds is 7. The van der Waals surface area contributed by atoms with Crippen LogP contribution in [0, 0.1) is 0 Å². The normalized spacial score (nSPS) is 20.2. The van der Waals surface area contributed by atoms with E-state index in [4.69, 9.17) is 16.3 Å². The molecule has 0 spiro atoms. The zero-order chi connectivity index (χ0) is 22.8. The molecular formula is C20H28ClN5O4S. The Hall–Kier alpha value is -1.98. The summed E-state index contributed by atoms with van der Waals surface area (Å²) in [6.07, 6.45) is 2.82. The number of sulfonamides is 1. The fourth-order valence-electron chi connectivity index (χ4n) is 3.36. The van der Waals surface area contributed by atoms with Gasteiger partial charge in [0.05, 0.1) is 35.7 Å². The van der Waals surface area contributed by atoms with Crippen molar-refractivity contribution in [3.05, 3.63) is 41.2 Å². The van der Waals surface area contributed by atoms with Crippen molar-refractivity contribution in [1.82, 2.24) is 19.0 Å². The molecular weight excluding hydrogens is 442 g/mol. The number of benzene rings is 1. The monoisotopic (exact) mass is 469 g/mol. The molecule has 2 heterocycles. The molecule has 0 aliphatic carbocycles. The number of carbonyl (C=O) groups is 1. The first-order chi connectivity index (χ1) is 14.6. The molecule has 2 atom stereocenters. The lowest BCUT2D eigenvalue weighted by Gasteiger charge is -2.34. The SMILES string of the molecule is CC1CN(S(=O)(=O)c2cc(C(=O)Nc3cnn(CCN(C)C)c3)ccc2Cl)CC(C)O1. The standard InChI is InChI=1S/C20H28ClN5O4S/c1-14-11-26(12-15(2)30-14)31(28,29)19-9-16(5-6-18(19)21)20(27)23-17-10-22-25(13-17)8-7-24(3)4/h5-6,9-10,13-15H,7-8,11-12H2,1-4H3,(H,23,27). The molecule has 1 fully saturated rings. The van der Waals surface area contributed by atoms with E-state index in [9.17, 15) is 13.2 Å². The fourth-order valence-corrected chi connectivity index (χ4v) is 5.46. The summed E-state index contributed by atoms with van der Waals surface area (Å²) in [4.78, 5) is 14.7. The zero-order valence-corrected chi connectivity index (χ0v) is 19.7. The minimum atomic E-state index is -3.88. The van der Waals surface area contributed by atoms with Crippen molar-refractivity contribution in [2.24, 2.45) is 0 Å². The van der Waals surface area contributed by atoms with Crippen molar-refractivity contribution < 1.29 is 17.9 Å². The molecule has 1 N–H and O–H groups in total. The van der Waals surface area contributed by atoms with Gasteiger partial charge in [0.15, 0.2) is 0 Å². The number of anilines is 1. The zero-order valence-electron chi connectivity index (χ0n) is 18.1. The second kappa shape index (κ2) is 9.66. The van der Waals surface area contributed by atoms with Crippen LogP contribution in [0.5, 0.6) is 0 Å². The summed E-state index contributed by atoms with van der Waals surface area (Å²) in [5.74, 6) is -0.441. The Morgan fingerprint density at radius 2 is 1.97 bits per heavy atom. The highest BCUT2D eigenvalue weighted by Crippen LogP contribution is 2.28. The van der Waals surface area contributed by atoms with Gasteiger partial charge >= 0.3 is 0 Å². The Morgan fingerprint density at radius 1 is 1.29 bits per heavy atom. The number of hydrogen-bond donors (Lipinski definition) is 1. The Balaban J connectivity index is 1.78. The molecule has 0 radical (unpaired) electrons. The number of nitrogens with one attached hydrogen (secondary N) is 1. The minimum absolute atomic E-state index is 0.0693. The molecule has 1 aliphatic heterocycles. The minimum Gasteiger partial charge on any atom is -0.373 e. The van der Waals surface area contributed by atoms with Gasteiger partial charge in [0.1, 0.15) is 4.90 Å². The molecule has 1 aliphatic rings. The van der Waals surface area contributed by atoms with Crippen molar-refractivity contribution in [1.29, 1.82) is 0 Å². The first kappa shape index (κ1) is 23.7. The van der Waals surface area contributed by atoms with Gasteiger partial charge in [0.2, 0.25) is 10.0 Å². The molecule has 31 heavy (non-hydrogen) atoms. The van der Waals surface area contributed by atoms with Crippen LogP contribution in [0.4, 0.5) is 5.69 Å². The molecule has 11 heteroatoms. The second-order valence-electron chi connectivity index (χ2n) is 7.97.